The largest absolute Gasteiger partial charge is 0.394 e. The first-order valence-electron chi connectivity index (χ1n) is 6.96. The van der Waals surface area contributed by atoms with E-state index in [1.54, 1.807) is 0 Å². The Labute approximate surface area is 122 Å². The Kier molecular flexibility index (Phi) is 4.92. The van der Waals surface area contributed by atoms with Crippen LogP contribution < -0.4 is 10.6 Å². The number of aliphatic hydroxyl groups excluding tert-OH is 1. The molecule has 1 saturated heterocycles. The topological polar surface area (TPSA) is 110 Å². The summed E-state index contributed by atoms with van der Waals surface area (Å²) in [6, 6.07) is 2.78. The highest BCUT2D eigenvalue weighted by Gasteiger charge is 2.32. The first kappa shape index (κ1) is 15.5. The fraction of sp³-hybridized carbons (Fsp3) is 0.615. The van der Waals surface area contributed by atoms with Gasteiger partial charge in [-0.1, -0.05) is 0 Å². The lowest BCUT2D eigenvalue weighted by molar-refractivity contribution is -0.384. The SMILES string of the molecule is CCNc1cc([N+](=O)[O-])cc(NC2(CO)CCOCC2)n1. The molecule has 0 amide bonds. The van der Waals surface area contributed by atoms with Crippen molar-refractivity contribution in [2.24, 2.45) is 0 Å². The Hall–Kier alpha value is -1.93. The fourth-order valence-corrected chi connectivity index (χ4v) is 2.31. The highest BCUT2D eigenvalue weighted by molar-refractivity contribution is 5.55. The van der Waals surface area contributed by atoms with Crippen molar-refractivity contribution in [3.63, 3.8) is 0 Å². The van der Waals surface area contributed by atoms with E-state index in [-0.39, 0.29) is 12.3 Å². The monoisotopic (exact) mass is 296 g/mol. The highest BCUT2D eigenvalue weighted by Crippen LogP contribution is 2.28. The van der Waals surface area contributed by atoms with Crippen LogP contribution in [0.4, 0.5) is 17.3 Å². The molecule has 0 spiro atoms. The molecule has 1 aliphatic heterocycles. The number of anilines is 2. The van der Waals surface area contributed by atoms with Crippen molar-refractivity contribution in [3.8, 4) is 0 Å². The number of hydrogen-bond acceptors (Lipinski definition) is 7. The van der Waals surface area contributed by atoms with Gasteiger partial charge in [-0.2, -0.15) is 0 Å². The molecule has 0 saturated carbocycles. The van der Waals surface area contributed by atoms with Gasteiger partial charge in [-0.15, -0.1) is 0 Å². The quantitative estimate of drug-likeness (QED) is 0.537. The minimum atomic E-state index is -0.538. The number of rotatable bonds is 6. The van der Waals surface area contributed by atoms with E-state index in [0.717, 1.165) is 0 Å². The van der Waals surface area contributed by atoms with E-state index in [0.29, 0.717) is 44.2 Å². The zero-order valence-corrected chi connectivity index (χ0v) is 12.0. The summed E-state index contributed by atoms with van der Waals surface area (Å²) < 4.78 is 5.30. The van der Waals surface area contributed by atoms with Gasteiger partial charge in [0.15, 0.2) is 0 Å². The van der Waals surface area contributed by atoms with Crippen molar-refractivity contribution in [3.05, 3.63) is 22.2 Å². The van der Waals surface area contributed by atoms with Gasteiger partial charge in [0.1, 0.15) is 11.6 Å². The van der Waals surface area contributed by atoms with Gasteiger partial charge in [0.05, 0.1) is 29.2 Å². The Morgan fingerprint density at radius 2 is 2.10 bits per heavy atom. The van der Waals surface area contributed by atoms with Crippen LogP contribution in [0.5, 0.6) is 0 Å². The Morgan fingerprint density at radius 1 is 1.43 bits per heavy atom. The lowest BCUT2D eigenvalue weighted by Crippen LogP contribution is -2.47. The van der Waals surface area contributed by atoms with Crippen LogP contribution in [-0.2, 0) is 4.74 Å². The van der Waals surface area contributed by atoms with E-state index in [9.17, 15) is 15.2 Å². The Balaban J connectivity index is 2.26. The summed E-state index contributed by atoms with van der Waals surface area (Å²) in [6.07, 6.45) is 1.26. The van der Waals surface area contributed by atoms with Gasteiger partial charge in [-0.25, -0.2) is 4.98 Å². The number of nitrogens with one attached hydrogen (secondary N) is 2. The number of hydrogen-bond donors (Lipinski definition) is 3. The lowest BCUT2D eigenvalue weighted by Gasteiger charge is -2.36. The van der Waals surface area contributed by atoms with Gasteiger partial charge in [0.25, 0.3) is 5.69 Å². The minimum Gasteiger partial charge on any atom is -0.394 e. The summed E-state index contributed by atoms with van der Waals surface area (Å²) >= 11 is 0. The molecule has 8 nitrogen and oxygen atoms in total. The molecular weight excluding hydrogens is 276 g/mol. The number of aromatic nitrogens is 1. The van der Waals surface area contributed by atoms with E-state index in [1.807, 2.05) is 6.92 Å². The third kappa shape index (κ3) is 3.79. The summed E-state index contributed by atoms with van der Waals surface area (Å²) in [5.74, 6) is 0.824. The molecule has 0 unspecified atom stereocenters. The molecule has 116 valence electrons. The van der Waals surface area contributed by atoms with Crippen LogP contribution >= 0.6 is 0 Å². The molecule has 8 heteroatoms. The van der Waals surface area contributed by atoms with Crippen molar-refractivity contribution in [2.75, 3.05) is 37.0 Å². The standard InChI is InChI=1S/C13H20N4O4/c1-2-14-11-7-10(17(19)20)8-12(15-11)16-13(9-18)3-5-21-6-4-13/h7-8,18H,2-6,9H2,1H3,(H2,14,15,16). The predicted molar refractivity (Wildman–Crippen MR) is 78.5 cm³/mol. The van der Waals surface area contributed by atoms with Gasteiger partial charge >= 0.3 is 0 Å². The van der Waals surface area contributed by atoms with Gasteiger partial charge in [0, 0.05) is 19.8 Å². The molecular formula is C13H20N4O4. The molecule has 21 heavy (non-hydrogen) atoms. The molecule has 0 aliphatic carbocycles. The van der Waals surface area contributed by atoms with Crippen LogP contribution in [0.1, 0.15) is 19.8 Å². The van der Waals surface area contributed by atoms with Crippen LogP contribution in [0.25, 0.3) is 0 Å². The molecule has 1 aromatic heterocycles. The van der Waals surface area contributed by atoms with Crippen LogP contribution in [0.3, 0.4) is 0 Å². The Bertz CT molecular complexity index is 503. The van der Waals surface area contributed by atoms with Crippen molar-refractivity contribution >= 4 is 17.3 Å². The normalized spacial score (nSPS) is 17.2. The molecule has 2 rings (SSSR count). The molecule has 2 heterocycles. The minimum absolute atomic E-state index is 0.0383. The first-order chi connectivity index (χ1) is 10.1. The van der Waals surface area contributed by atoms with Crippen molar-refractivity contribution in [2.45, 2.75) is 25.3 Å². The Morgan fingerprint density at radius 3 is 2.67 bits per heavy atom. The summed E-state index contributed by atoms with van der Waals surface area (Å²) in [5, 5.41) is 26.8. The maximum atomic E-state index is 11.0. The third-order valence-corrected chi connectivity index (χ3v) is 3.52. The molecule has 0 radical (unpaired) electrons. The second-order valence-electron chi connectivity index (χ2n) is 5.06. The second-order valence-corrected chi connectivity index (χ2v) is 5.06. The van der Waals surface area contributed by atoms with Crippen molar-refractivity contribution in [1.82, 2.24) is 4.98 Å². The van der Waals surface area contributed by atoms with Gasteiger partial charge in [0.2, 0.25) is 0 Å². The van der Waals surface area contributed by atoms with E-state index < -0.39 is 10.5 Å². The van der Waals surface area contributed by atoms with Crippen LogP contribution in [0, 0.1) is 10.1 Å². The predicted octanol–water partition coefficient (Wildman–Crippen LogP) is 1.37. The molecule has 1 aromatic rings. The second kappa shape index (κ2) is 6.68. The zero-order valence-electron chi connectivity index (χ0n) is 12.0. The number of ether oxygens (including phenoxy) is 1. The van der Waals surface area contributed by atoms with E-state index in [1.165, 1.54) is 12.1 Å². The zero-order chi connectivity index (χ0) is 15.3. The highest BCUT2D eigenvalue weighted by atomic mass is 16.6. The van der Waals surface area contributed by atoms with Crippen LogP contribution in [0.2, 0.25) is 0 Å². The van der Waals surface area contributed by atoms with E-state index in [4.69, 9.17) is 4.74 Å². The maximum Gasteiger partial charge on any atom is 0.276 e. The van der Waals surface area contributed by atoms with E-state index >= 15 is 0 Å². The van der Waals surface area contributed by atoms with Crippen molar-refractivity contribution in [1.29, 1.82) is 0 Å². The number of nitro groups is 1. The maximum absolute atomic E-state index is 11.0. The summed E-state index contributed by atoms with van der Waals surface area (Å²) in [5.41, 5.74) is -0.576. The molecule has 0 bridgehead atoms. The molecule has 0 aromatic carbocycles. The number of aliphatic hydroxyl groups is 1. The van der Waals surface area contributed by atoms with Crippen LogP contribution in [0.15, 0.2) is 12.1 Å². The lowest BCUT2D eigenvalue weighted by atomic mass is 9.91. The third-order valence-electron chi connectivity index (χ3n) is 3.52. The first-order valence-corrected chi connectivity index (χ1v) is 6.96. The molecule has 1 fully saturated rings. The van der Waals surface area contributed by atoms with Gasteiger partial charge in [-0.3, -0.25) is 10.1 Å². The average Bonchev–Trinajstić information content (AvgIpc) is 2.48. The average molecular weight is 296 g/mol. The number of pyridine rings is 1. The molecule has 3 N–H and O–H groups in total. The number of nitrogens with zero attached hydrogens (tertiary/aromatic N) is 2. The fourth-order valence-electron chi connectivity index (χ4n) is 2.31. The van der Waals surface area contributed by atoms with Crippen molar-refractivity contribution < 1.29 is 14.8 Å². The van der Waals surface area contributed by atoms with Gasteiger partial charge in [-0.05, 0) is 19.8 Å². The smallest absolute Gasteiger partial charge is 0.276 e. The van der Waals surface area contributed by atoms with Gasteiger partial charge < -0.3 is 20.5 Å². The summed E-state index contributed by atoms with van der Waals surface area (Å²) in [7, 11) is 0. The van der Waals surface area contributed by atoms with Crippen LogP contribution in [-0.4, -0.2) is 46.9 Å². The molecule has 0 atom stereocenters. The summed E-state index contributed by atoms with van der Waals surface area (Å²) in [6.45, 7) is 3.52. The molecule has 1 aliphatic rings. The summed E-state index contributed by atoms with van der Waals surface area (Å²) in [4.78, 5) is 14.9. The van der Waals surface area contributed by atoms with E-state index in [2.05, 4.69) is 15.6 Å².